The number of halogens is 4. The van der Waals surface area contributed by atoms with E-state index in [2.05, 4.69) is 10.6 Å². The molecular weight excluding hydrogens is 352 g/mol. The zero-order chi connectivity index (χ0) is 18.3. The van der Waals surface area contributed by atoms with Gasteiger partial charge in [0.05, 0.1) is 11.3 Å². The van der Waals surface area contributed by atoms with Crippen LogP contribution in [0.15, 0.2) is 18.2 Å². The van der Waals surface area contributed by atoms with Gasteiger partial charge in [0.1, 0.15) is 12.4 Å². The predicted octanol–water partition coefficient (Wildman–Crippen LogP) is 1.81. The molecule has 11 heteroatoms. The van der Waals surface area contributed by atoms with Crippen molar-refractivity contribution in [2.24, 2.45) is 0 Å². The van der Waals surface area contributed by atoms with Gasteiger partial charge in [0.2, 0.25) is 16.0 Å². The van der Waals surface area contributed by atoms with Crippen LogP contribution in [-0.2, 0) is 15.6 Å². The first kappa shape index (κ1) is 18.3. The standard InChI is InChI=1S/C13H16F4N4O2S/c1-12(7-24(22,23)21(2)11(18)20-12)9-5-8(3-4-10(9)14)19-6-13(15,16)17/h3-5,19H,6-7H2,1-2H3,(H2,18,20)/t12-/m0/s1. The number of hydrogen-bond acceptors (Lipinski definition) is 4. The summed E-state index contributed by atoms with van der Waals surface area (Å²) in [5, 5.41) is 12.4. The lowest BCUT2D eigenvalue weighted by atomic mass is 9.93. The van der Waals surface area contributed by atoms with Gasteiger partial charge in [-0.05, 0) is 25.1 Å². The highest BCUT2D eigenvalue weighted by atomic mass is 32.2. The summed E-state index contributed by atoms with van der Waals surface area (Å²) in [5.41, 5.74) is -1.63. The van der Waals surface area contributed by atoms with E-state index in [1.54, 1.807) is 0 Å². The van der Waals surface area contributed by atoms with Crippen molar-refractivity contribution in [1.29, 1.82) is 5.41 Å². The number of alkyl halides is 3. The molecule has 3 N–H and O–H groups in total. The van der Waals surface area contributed by atoms with Gasteiger partial charge in [0.15, 0.2) is 0 Å². The van der Waals surface area contributed by atoms with Crippen LogP contribution in [0.3, 0.4) is 0 Å². The molecule has 0 aromatic heterocycles. The maximum absolute atomic E-state index is 14.2. The molecule has 134 valence electrons. The molecule has 0 bridgehead atoms. The Balaban J connectivity index is 2.38. The van der Waals surface area contributed by atoms with Crippen LogP contribution in [0, 0.1) is 11.2 Å². The third kappa shape index (κ3) is 3.71. The van der Waals surface area contributed by atoms with E-state index in [1.165, 1.54) is 14.0 Å². The number of sulfonamides is 1. The first-order chi connectivity index (χ1) is 10.8. The molecule has 0 saturated carbocycles. The first-order valence-electron chi connectivity index (χ1n) is 6.78. The molecule has 1 saturated heterocycles. The molecular formula is C13H16F4N4O2S. The summed E-state index contributed by atoms with van der Waals surface area (Å²) < 4.78 is 75.9. The number of nitrogens with zero attached hydrogens (tertiary/aromatic N) is 1. The van der Waals surface area contributed by atoms with Crippen LogP contribution in [-0.4, -0.2) is 44.2 Å². The van der Waals surface area contributed by atoms with Crippen LogP contribution < -0.4 is 10.6 Å². The second-order valence-electron chi connectivity index (χ2n) is 5.69. The summed E-state index contributed by atoms with van der Waals surface area (Å²) in [6.07, 6.45) is -4.45. The second kappa shape index (κ2) is 5.80. The van der Waals surface area contributed by atoms with E-state index in [-0.39, 0.29) is 11.3 Å². The van der Waals surface area contributed by atoms with Crippen LogP contribution in [0.4, 0.5) is 23.2 Å². The molecule has 2 rings (SSSR count). The van der Waals surface area contributed by atoms with E-state index in [4.69, 9.17) is 5.41 Å². The molecule has 1 aliphatic heterocycles. The molecule has 0 spiro atoms. The SMILES string of the molecule is CN1C(=N)N[C@](C)(c2cc(NCC(F)(F)F)ccc2F)CS1(=O)=O. The highest BCUT2D eigenvalue weighted by Gasteiger charge is 2.43. The van der Waals surface area contributed by atoms with E-state index in [9.17, 15) is 26.0 Å². The Bertz CT molecular complexity index is 766. The summed E-state index contributed by atoms with van der Waals surface area (Å²) in [4.78, 5) is 0. The van der Waals surface area contributed by atoms with Gasteiger partial charge in [-0.25, -0.2) is 17.1 Å². The van der Waals surface area contributed by atoms with Gasteiger partial charge in [-0.15, -0.1) is 0 Å². The largest absolute Gasteiger partial charge is 0.405 e. The Labute approximate surface area is 136 Å². The minimum atomic E-state index is -4.45. The van der Waals surface area contributed by atoms with Crippen molar-refractivity contribution >= 4 is 21.7 Å². The fraction of sp³-hybridized carbons (Fsp3) is 0.462. The van der Waals surface area contributed by atoms with E-state index < -0.39 is 45.8 Å². The van der Waals surface area contributed by atoms with Gasteiger partial charge in [0, 0.05) is 18.3 Å². The average Bonchev–Trinajstić information content (AvgIpc) is 2.42. The van der Waals surface area contributed by atoms with E-state index in [1.807, 2.05) is 0 Å². The van der Waals surface area contributed by atoms with Gasteiger partial charge in [-0.1, -0.05) is 0 Å². The lowest BCUT2D eigenvalue weighted by Gasteiger charge is -2.40. The molecule has 24 heavy (non-hydrogen) atoms. The topological polar surface area (TPSA) is 85.3 Å². The summed E-state index contributed by atoms with van der Waals surface area (Å²) in [6.45, 7) is 0.0666. The molecule has 0 unspecified atom stereocenters. The number of hydrogen-bond donors (Lipinski definition) is 3. The number of nitrogens with one attached hydrogen (secondary N) is 3. The summed E-state index contributed by atoms with van der Waals surface area (Å²) in [5.74, 6) is -1.77. The van der Waals surface area contributed by atoms with Gasteiger partial charge in [0.25, 0.3) is 0 Å². The molecule has 1 heterocycles. The summed E-state index contributed by atoms with van der Waals surface area (Å²) >= 11 is 0. The van der Waals surface area contributed by atoms with Crippen molar-refractivity contribution in [1.82, 2.24) is 9.62 Å². The molecule has 1 fully saturated rings. The minimum absolute atomic E-state index is 0.00499. The Morgan fingerprint density at radius 2 is 2.04 bits per heavy atom. The van der Waals surface area contributed by atoms with Crippen molar-refractivity contribution in [3.8, 4) is 0 Å². The molecule has 0 radical (unpaired) electrons. The van der Waals surface area contributed by atoms with Crippen LogP contribution in [0.25, 0.3) is 0 Å². The van der Waals surface area contributed by atoms with Crippen molar-refractivity contribution in [2.75, 3.05) is 24.7 Å². The fourth-order valence-electron chi connectivity index (χ4n) is 2.38. The lowest BCUT2D eigenvalue weighted by Crippen LogP contribution is -2.61. The van der Waals surface area contributed by atoms with Crippen molar-refractivity contribution < 1.29 is 26.0 Å². The van der Waals surface area contributed by atoms with Gasteiger partial charge < -0.3 is 10.6 Å². The zero-order valence-corrected chi connectivity index (χ0v) is 13.6. The van der Waals surface area contributed by atoms with Gasteiger partial charge >= 0.3 is 6.18 Å². The Hall–Kier alpha value is -2.04. The lowest BCUT2D eigenvalue weighted by molar-refractivity contribution is -0.115. The maximum atomic E-state index is 14.2. The fourth-order valence-corrected chi connectivity index (χ4v) is 3.86. The minimum Gasteiger partial charge on any atom is -0.376 e. The van der Waals surface area contributed by atoms with Crippen LogP contribution >= 0.6 is 0 Å². The number of anilines is 1. The van der Waals surface area contributed by atoms with Crippen LogP contribution in [0.1, 0.15) is 12.5 Å². The number of guanidine groups is 1. The Morgan fingerprint density at radius 1 is 1.42 bits per heavy atom. The third-order valence-corrected chi connectivity index (χ3v) is 5.61. The molecule has 6 nitrogen and oxygen atoms in total. The van der Waals surface area contributed by atoms with Crippen molar-refractivity contribution in [2.45, 2.75) is 18.6 Å². The summed E-state index contributed by atoms with van der Waals surface area (Å²) in [7, 11) is -2.67. The van der Waals surface area contributed by atoms with Gasteiger partial charge in [-0.2, -0.15) is 13.2 Å². The highest BCUT2D eigenvalue weighted by molar-refractivity contribution is 7.89. The second-order valence-corrected chi connectivity index (χ2v) is 7.69. The molecule has 1 aromatic carbocycles. The third-order valence-electron chi connectivity index (χ3n) is 3.65. The molecule has 0 amide bonds. The van der Waals surface area contributed by atoms with Gasteiger partial charge in [-0.3, -0.25) is 5.41 Å². The monoisotopic (exact) mass is 368 g/mol. The Kier molecular flexibility index (Phi) is 4.42. The molecule has 1 aliphatic rings. The van der Waals surface area contributed by atoms with Crippen molar-refractivity contribution in [3.05, 3.63) is 29.6 Å². The van der Waals surface area contributed by atoms with E-state index >= 15 is 0 Å². The number of benzene rings is 1. The average molecular weight is 368 g/mol. The number of rotatable bonds is 3. The predicted molar refractivity (Wildman–Crippen MR) is 80.7 cm³/mol. The normalized spacial score (nSPS) is 23.8. The maximum Gasteiger partial charge on any atom is 0.405 e. The molecule has 1 atom stereocenters. The van der Waals surface area contributed by atoms with E-state index in [0.717, 1.165) is 22.5 Å². The quantitative estimate of drug-likeness (QED) is 0.711. The summed E-state index contributed by atoms with van der Waals surface area (Å²) in [6, 6.07) is 3.19. The molecule has 1 aromatic rings. The zero-order valence-electron chi connectivity index (χ0n) is 12.8. The highest BCUT2D eigenvalue weighted by Crippen LogP contribution is 2.31. The van der Waals surface area contributed by atoms with Crippen LogP contribution in [0.2, 0.25) is 0 Å². The van der Waals surface area contributed by atoms with Crippen LogP contribution in [0.5, 0.6) is 0 Å². The van der Waals surface area contributed by atoms with E-state index in [0.29, 0.717) is 0 Å². The van der Waals surface area contributed by atoms with Crippen molar-refractivity contribution in [3.63, 3.8) is 0 Å². The Morgan fingerprint density at radius 3 is 2.58 bits per heavy atom. The first-order valence-corrected chi connectivity index (χ1v) is 8.39. The smallest absolute Gasteiger partial charge is 0.376 e. The molecule has 0 aliphatic carbocycles.